The number of thioether (sulfide) groups is 1. The Bertz CT molecular complexity index is 857. The normalized spacial score (nSPS) is 12.3. The molecule has 1 heterocycles. The van der Waals surface area contributed by atoms with E-state index in [9.17, 15) is 4.79 Å². The lowest BCUT2D eigenvalue weighted by Gasteiger charge is -2.15. The Labute approximate surface area is 161 Å². The molecule has 0 fully saturated rings. The highest BCUT2D eigenvalue weighted by Gasteiger charge is 2.21. The van der Waals surface area contributed by atoms with Gasteiger partial charge in [0.25, 0.3) is 0 Å². The molecule has 0 aliphatic heterocycles. The highest BCUT2D eigenvalue weighted by Crippen LogP contribution is 2.37. The summed E-state index contributed by atoms with van der Waals surface area (Å²) in [6, 6.07) is 10.8. The van der Waals surface area contributed by atoms with Crippen LogP contribution in [0.5, 0.6) is 5.75 Å². The van der Waals surface area contributed by atoms with Crippen molar-refractivity contribution in [3.63, 3.8) is 0 Å². The van der Waals surface area contributed by atoms with E-state index in [4.69, 9.17) is 39.5 Å². The van der Waals surface area contributed by atoms with Gasteiger partial charge in [-0.2, -0.15) is 0 Å². The summed E-state index contributed by atoms with van der Waals surface area (Å²) in [7, 11) is 0. The number of thiazole rings is 1. The highest BCUT2D eigenvalue weighted by atomic mass is 35.5. The maximum absolute atomic E-state index is 12.4. The van der Waals surface area contributed by atoms with Gasteiger partial charge in [0.1, 0.15) is 0 Å². The maximum Gasteiger partial charge on any atom is 0.236 e. The van der Waals surface area contributed by atoms with E-state index >= 15 is 0 Å². The Morgan fingerprint density at radius 3 is 2.54 bits per heavy atom. The van der Waals surface area contributed by atoms with E-state index in [2.05, 4.69) is 4.98 Å². The SMILES string of the molecule is CC(Oc1c(Cl)cc(Cl)cc1Cl)C(=O)Sc1nc2ccccc2s1. The van der Waals surface area contributed by atoms with Gasteiger partial charge in [0.2, 0.25) is 5.12 Å². The average molecular weight is 419 g/mol. The number of carbonyl (C=O) groups excluding carboxylic acids is 1. The molecule has 0 saturated carbocycles. The van der Waals surface area contributed by atoms with Gasteiger partial charge in [-0.3, -0.25) is 4.79 Å². The molecule has 0 N–H and O–H groups in total. The average Bonchev–Trinajstić information content (AvgIpc) is 2.92. The summed E-state index contributed by atoms with van der Waals surface area (Å²) >= 11 is 20.5. The Kier molecular flexibility index (Phi) is 5.57. The predicted octanol–water partition coefficient (Wildman–Crippen LogP) is 6.34. The van der Waals surface area contributed by atoms with Gasteiger partial charge in [-0.25, -0.2) is 4.98 Å². The number of hydrogen-bond donors (Lipinski definition) is 0. The van der Waals surface area contributed by atoms with Crippen LogP contribution in [0.1, 0.15) is 6.92 Å². The number of fused-ring (bicyclic) bond motifs is 1. The van der Waals surface area contributed by atoms with Crippen LogP contribution in [0.15, 0.2) is 40.7 Å². The number of ether oxygens (including phenoxy) is 1. The molecule has 0 radical (unpaired) electrons. The van der Waals surface area contributed by atoms with Gasteiger partial charge in [0.15, 0.2) is 16.2 Å². The van der Waals surface area contributed by atoms with Gasteiger partial charge in [0, 0.05) is 5.02 Å². The van der Waals surface area contributed by atoms with E-state index in [1.54, 1.807) is 6.92 Å². The second kappa shape index (κ2) is 7.50. The van der Waals surface area contributed by atoms with Gasteiger partial charge in [-0.1, -0.05) is 46.9 Å². The van der Waals surface area contributed by atoms with E-state index in [0.717, 1.165) is 22.0 Å². The largest absolute Gasteiger partial charge is 0.479 e. The van der Waals surface area contributed by atoms with Gasteiger partial charge < -0.3 is 4.74 Å². The summed E-state index contributed by atoms with van der Waals surface area (Å²) in [6.07, 6.45) is -0.738. The molecule has 8 heteroatoms. The van der Waals surface area contributed by atoms with Crippen molar-refractivity contribution in [1.29, 1.82) is 0 Å². The first kappa shape index (κ1) is 17.8. The van der Waals surface area contributed by atoms with Crippen LogP contribution in [0.3, 0.4) is 0 Å². The fraction of sp³-hybridized carbons (Fsp3) is 0.125. The Balaban J connectivity index is 1.73. The predicted molar refractivity (Wildman–Crippen MR) is 102 cm³/mol. The molecule has 0 saturated heterocycles. The van der Waals surface area contributed by atoms with Crippen LogP contribution in [0.2, 0.25) is 15.1 Å². The molecule has 1 atom stereocenters. The summed E-state index contributed by atoms with van der Waals surface area (Å²) in [4.78, 5) is 16.8. The topological polar surface area (TPSA) is 39.2 Å². The molecule has 124 valence electrons. The molecule has 0 aliphatic rings. The molecular weight excluding hydrogens is 409 g/mol. The highest BCUT2D eigenvalue weighted by molar-refractivity contribution is 8.15. The minimum absolute atomic E-state index is 0.184. The molecule has 3 rings (SSSR count). The molecule has 0 spiro atoms. The molecule has 1 aromatic heterocycles. The van der Waals surface area contributed by atoms with Crippen molar-refractivity contribution >= 4 is 73.2 Å². The first-order valence-corrected chi connectivity index (χ1v) is 9.59. The van der Waals surface area contributed by atoms with Crippen molar-refractivity contribution in [3.8, 4) is 5.75 Å². The first-order chi connectivity index (χ1) is 11.4. The number of halogens is 3. The molecular formula is C16H10Cl3NO2S2. The van der Waals surface area contributed by atoms with Gasteiger partial charge in [-0.05, 0) is 43.0 Å². The third-order valence-electron chi connectivity index (χ3n) is 3.05. The molecule has 0 aliphatic carbocycles. The molecule has 3 nitrogen and oxygen atoms in total. The van der Waals surface area contributed by atoms with Crippen LogP contribution in [-0.4, -0.2) is 16.2 Å². The molecule has 1 unspecified atom stereocenters. The zero-order valence-corrected chi connectivity index (χ0v) is 16.2. The fourth-order valence-electron chi connectivity index (χ4n) is 1.93. The zero-order chi connectivity index (χ0) is 17.3. The van der Waals surface area contributed by atoms with Gasteiger partial charge in [0.05, 0.1) is 20.3 Å². The first-order valence-electron chi connectivity index (χ1n) is 6.82. The third kappa shape index (κ3) is 3.98. The maximum atomic E-state index is 12.4. The van der Waals surface area contributed by atoms with Crippen molar-refractivity contribution in [1.82, 2.24) is 4.98 Å². The van der Waals surface area contributed by atoms with Gasteiger partial charge >= 0.3 is 0 Å². The molecule has 2 aromatic carbocycles. The van der Waals surface area contributed by atoms with Crippen molar-refractivity contribution < 1.29 is 9.53 Å². The van der Waals surface area contributed by atoms with Crippen molar-refractivity contribution in [2.75, 3.05) is 0 Å². The summed E-state index contributed by atoms with van der Waals surface area (Å²) in [5.41, 5.74) is 0.871. The Hall–Kier alpha value is -0.980. The number of benzene rings is 2. The summed E-state index contributed by atoms with van der Waals surface area (Å²) in [5.74, 6) is 0.244. The minimum atomic E-state index is -0.738. The standard InChI is InChI=1S/C16H10Cl3NO2S2/c1-8(22-14-10(18)6-9(17)7-11(14)19)15(21)24-16-20-12-4-2-3-5-13(12)23-16/h2-8H,1H3. The number of rotatable bonds is 4. The number of para-hydroxylation sites is 1. The summed E-state index contributed by atoms with van der Waals surface area (Å²) in [5, 5.41) is 0.741. The van der Waals surface area contributed by atoms with Crippen LogP contribution >= 0.6 is 57.9 Å². The zero-order valence-electron chi connectivity index (χ0n) is 12.3. The second-order valence-electron chi connectivity index (χ2n) is 4.83. The van der Waals surface area contributed by atoms with Gasteiger partial charge in [-0.15, -0.1) is 11.3 Å². The number of carbonyl (C=O) groups is 1. The quantitative estimate of drug-likeness (QED) is 0.463. The van der Waals surface area contributed by atoms with Crippen LogP contribution < -0.4 is 4.74 Å². The molecule has 24 heavy (non-hydrogen) atoms. The number of nitrogens with zero attached hydrogens (tertiary/aromatic N) is 1. The van der Waals surface area contributed by atoms with Crippen molar-refractivity contribution in [2.45, 2.75) is 17.4 Å². The fourth-order valence-corrected chi connectivity index (χ4v) is 4.75. The number of aromatic nitrogens is 1. The number of hydrogen-bond acceptors (Lipinski definition) is 5. The van der Waals surface area contributed by atoms with Crippen LogP contribution in [0.25, 0.3) is 10.2 Å². The lowest BCUT2D eigenvalue weighted by molar-refractivity contribution is -0.116. The lowest BCUT2D eigenvalue weighted by Crippen LogP contribution is -2.21. The van der Waals surface area contributed by atoms with E-state index in [0.29, 0.717) is 9.36 Å². The van der Waals surface area contributed by atoms with Crippen LogP contribution in [0.4, 0.5) is 0 Å². The molecule has 0 bridgehead atoms. The lowest BCUT2D eigenvalue weighted by atomic mass is 10.3. The van der Waals surface area contributed by atoms with E-state index < -0.39 is 6.10 Å². The summed E-state index contributed by atoms with van der Waals surface area (Å²) < 4.78 is 7.33. The Morgan fingerprint density at radius 2 is 1.88 bits per heavy atom. The molecule has 0 amide bonds. The smallest absolute Gasteiger partial charge is 0.236 e. The van der Waals surface area contributed by atoms with E-state index in [1.807, 2.05) is 24.3 Å². The minimum Gasteiger partial charge on any atom is -0.479 e. The van der Waals surface area contributed by atoms with E-state index in [-0.39, 0.29) is 20.9 Å². The molecule has 3 aromatic rings. The van der Waals surface area contributed by atoms with Crippen LogP contribution in [-0.2, 0) is 4.79 Å². The Morgan fingerprint density at radius 1 is 1.21 bits per heavy atom. The van der Waals surface area contributed by atoms with E-state index in [1.165, 1.54) is 23.5 Å². The third-order valence-corrected chi connectivity index (χ3v) is 5.96. The van der Waals surface area contributed by atoms with Crippen LogP contribution in [0, 0.1) is 0 Å². The second-order valence-corrected chi connectivity index (χ2v) is 8.36. The summed E-state index contributed by atoms with van der Waals surface area (Å²) in [6.45, 7) is 1.64. The monoisotopic (exact) mass is 417 g/mol. The van der Waals surface area contributed by atoms with Crippen molar-refractivity contribution in [3.05, 3.63) is 51.5 Å². The van der Waals surface area contributed by atoms with Crippen molar-refractivity contribution in [2.24, 2.45) is 0 Å².